The lowest BCUT2D eigenvalue weighted by molar-refractivity contribution is 0.465. The van der Waals surface area contributed by atoms with Crippen LogP contribution < -0.4 is 11.5 Å². The van der Waals surface area contributed by atoms with Crippen molar-refractivity contribution in [3.63, 3.8) is 0 Å². The fourth-order valence-electron chi connectivity index (χ4n) is 2.33. The predicted octanol–water partition coefficient (Wildman–Crippen LogP) is 1.90. The van der Waals surface area contributed by atoms with Crippen LogP contribution in [0.25, 0.3) is 0 Å². The third-order valence-electron chi connectivity index (χ3n) is 3.61. The summed E-state index contributed by atoms with van der Waals surface area (Å²) in [6.07, 6.45) is 1.51. The van der Waals surface area contributed by atoms with E-state index in [2.05, 4.69) is 6.92 Å². The molecule has 0 bridgehead atoms. The molecule has 0 saturated carbocycles. The lowest BCUT2D eigenvalue weighted by Crippen LogP contribution is -2.24. The number of benzene rings is 1. The fraction of sp³-hybridized carbons (Fsp3) is 0.600. The van der Waals surface area contributed by atoms with Gasteiger partial charge in [0.15, 0.2) is 9.84 Å². The maximum Gasteiger partial charge on any atom is 0.178 e. The van der Waals surface area contributed by atoms with Crippen LogP contribution in [0.3, 0.4) is 0 Å². The van der Waals surface area contributed by atoms with Gasteiger partial charge in [-0.3, -0.25) is 0 Å². The Bertz CT molecular complexity index is 510. The van der Waals surface area contributed by atoms with Gasteiger partial charge in [0.05, 0.1) is 10.6 Å². The van der Waals surface area contributed by atoms with Crippen molar-refractivity contribution in [1.82, 2.24) is 0 Å². The van der Waals surface area contributed by atoms with Gasteiger partial charge >= 0.3 is 0 Å². The van der Waals surface area contributed by atoms with E-state index in [-0.39, 0.29) is 17.6 Å². The van der Waals surface area contributed by atoms with Crippen molar-refractivity contribution in [1.29, 1.82) is 0 Å². The molecule has 0 aliphatic rings. The Morgan fingerprint density at radius 3 is 2.40 bits per heavy atom. The molecule has 114 valence electrons. The summed E-state index contributed by atoms with van der Waals surface area (Å²) in [6, 6.07) is 7.25. The maximum absolute atomic E-state index is 12.1. The Hall–Kier alpha value is -0.910. The van der Waals surface area contributed by atoms with Gasteiger partial charge in [-0.15, -0.1) is 0 Å². The molecule has 1 aromatic rings. The molecule has 0 fully saturated rings. The van der Waals surface area contributed by atoms with E-state index in [1.54, 1.807) is 12.1 Å². The van der Waals surface area contributed by atoms with Crippen molar-refractivity contribution in [3.8, 4) is 0 Å². The first kappa shape index (κ1) is 17.1. The zero-order valence-corrected chi connectivity index (χ0v) is 13.2. The molecular weight excluding hydrogens is 272 g/mol. The summed E-state index contributed by atoms with van der Waals surface area (Å²) in [5.74, 6) is 0.726. The van der Waals surface area contributed by atoms with Gasteiger partial charge in [0.2, 0.25) is 0 Å². The smallest absolute Gasteiger partial charge is 0.178 e. The molecule has 1 unspecified atom stereocenters. The number of sulfone groups is 1. The van der Waals surface area contributed by atoms with E-state index in [9.17, 15) is 8.42 Å². The van der Waals surface area contributed by atoms with Crippen LogP contribution in [0.1, 0.15) is 38.2 Å². The SMILES string of the molecule is CCCS(=O)(=O)c1cccc(C(C)CC(CN)CN)c1. The molecule has 0 aliphatic heterocycles. The number of hydrogen-bond donors (Lipinski definition) is 2. The first-order valence-electron chi connectivity index (χ1n) is 7.17. The van der Waals surface area contributed by atoms with Crippen molar-refractivity contribution in [3.05, 3.63) is 29.8 Å². The third-order valence-corrected chi connectivity index (χ3v) is 5.53. The van der Waals surface area contributed by atoms with Gasteiger partial charge in [0.25, 0.3) is 0 Å². The monoisotopic (exact) mass is 298 g/mol. The van der Waals surface area contributed by atoms with E-state index >= 15 is 0 Å². The van der Waals surface area contributed by atoms with Crippen LogP contribution in [0.15, 0.2) is 29.2 Å². The summed E-state index contributed by atoms with van der Waals surface area (Å²) in [5, 5.41) is 0. The molecule has 0 amide bonds. The van der Waals surface area contributed by atoms with Crippen LogP contribution in [-0.4, -0.2) is 27.3 Å². The molecule has 0 radical (unpaired) electrons. The Labute approximate surface area is 122 Å². The van der Waals surface area contributed by atoms with Gasteiger partial charge < -0.3 is 11.5 Å². The van der Waals surface area contributed by atoms with E-state index in [1.807, 2.05) is 19.1 Å². The standard InChI is InChI=1S/C15H26N2O2S/c1-3-7-20(18,19)15-6-4-5-14(9-15)12(2)8-13(10-16)11-17/h4-6,9,12-13H,3,7-8,10-11,16-17H2,1-2H3. The zero-order valence-electron chi connectivity index (χ0n) is 12.4. The van der Waals surface area contributed by atoms with Crippen molar-refractivity contribution in [2.75, 3.05) is 18.8 Å². The van der Waals surface area contributed by atoms with E-state index < -0.39 is 9.84 Å². The second kappa shape index (κ2) is 7.76. The summed E-state index contributed by atoms with van der Waals surface area (Å²) >= 11 is 0. The number of rotatable bonds is 8. The Kier molecular flexibility index (Phi) is 6.65. The third kappa shape index (κ3) is 4.58. The van der Waals surface area contributed by atoms with Crippen molar-refractivity contribution >= 4 is 9.84 Å². The van der Waals surface area contributed by atoms with Crippen molar-refractivity contribution in [2.45, 2.75) is 37.5 Å². The Morgan fingerprint density at radius 2 is 1.85 bits per heavy atom. The minimum absolute atomic E-state index is 0.194. The summed E-state index contributed by atoms with van der Waals surface area (Å²) < 4.78 is 24.2. The molecule has 1 atom stereocenters. The summed E-state index contributed by atoms with van der Waals surface area (Å²) in [4.78, 5) is 0.417. The zero-order chi connectivity index (χ0) is 15.2. The fourth-order valence-corrected chi connectivity index (χ4v) is 3.70. The van der Waals surface area contributed by atoms with E-state index in [4.69, 9.17) is 11.5 Å². The van der Waals surface area contributed by atoms with E-state index in [0.717, 1.165) is 12.0 Å². The molecule has 4 nitrogen and oxygen atoms in total. The van der Waals surface area contributed by atoms with E-state index in [1.165, 1.54) is 0 Å². The van der Waals surface area contributed by atoms with Gasteiger partial charge in [0, 0.05) is 0 Å². The highest BCUT2D eigenvalue weighted by Gasteiger charge is 2.17. The summed E-state index contributed by atoms with van der Waals surface area (Å²) in [5.41, 5.74) is 12.4. The number of hydrogen-bond acceptors (Lipinski definition) is 4. The molecule has 4 N–H and O–H groups in total. The molecule has 5 heteroatoms. The normalized spacial score (nSPS) is 13.7. The van der Waals surface area contributed by atoms with Gasteiger partial charge in [-0.25, -0.2) is 8.42 Å². The summed E-state index contributed by atoms with van der Waals surface area (Å²) in [6.45, 7) is 5.09. The van der Waals surface area contributed by atoms with Gasteiger partial charge in [0.1, 0.15) is 0 Å². The van der Waals surface area contributed by atoms with Crippen LogP contribution in [0.4, 0.5) is 0 Å². The Balaban J connectivity index is 2.93. The highest BCUT2D eigenvalue weighted by Crippen LogP contribution is 2.25. The van der Waals surface area contributed by atoms with Gasteiger partial charge in [-0.1, -0.05) is 26.0 Å². The van der Waals surface area contributed by atoms with Crippen LogP contribution in [0.2, 0.25) is 0 Å². The lowest BCUT2D eigenvalue weighted by Gasteiger charge is -2.19. The molecule has 0 spiro atoms. The molecule has 20 heavy (non-hydrogen) atoms. The number of nitrogens with two attached hydrogens (primary N) is 2. The maximum atomic E-state index is 12.1. The second-order valence-electron chi connectivity index (χ2n) is 5.37. The average Bonchev–Trinajstić information content (AvgIpc) is 2.44. The van der Waals surface area contributed by atoms with Gasteiger partial charge in [-0.05, 0) is 55.5 Å². The topological polar surface area (TPSA) is 86.2 Å². The molecule has 1 rings (SSSR count). The van der Waals surface area contributed by atoms with Crippen LogP contribution in [-0.2, 0) is 9.84 Å². The molecule has 0 saturated heterocycles. The molecule has 1 aromatic carbocycles. The highest BCUT2D eigenvalue weighted by molar-refractivity contribution is 7.91. The minimum Gasteiger partial charge on any atom is -0.330 e. The Morgan fingerprint density at radius 1 is 1.20 bits per heavy atom. The summed E-state index contributed by atoms with van der Waals surface area (Å²) in [7, 11) is -3.16. The average molecular weight is 298 g/mol. The van der Waals surface area contributed by atoms with Crippen LogP contribution in [0, 0.1) is 5.92 Å². The van der Waals surface area contributed by atoms with Crippen LogP contribution >= 0.6 is 0 Å². The van der Waals surface area contributed by atoms with E-state index in [0.29, 0.717) is 24.4 Å². The quantitative estimate of drug-likeness (QED) is 0.767. The highest BCUT2D eigenvalue weighted by atomic mass is 32.2. The molecule has 0 heterocycles. The first-order valence-corrected chi connectivity index (χ1v) is 8.82. The lowest BCUT2D eigenvalue weighted by atomic mass is 9.90. The van der Waals surface area contributed by atoms with Crippen LogP contribution in [0.5, 0.6) is 0 Å². The molecule has 0 aromatic heterocycles. The van der Waals surface area contributed by atoms with Gasteiger partial charge in [-0.2, -0.15) is 0 Å². The predicted molar refractivity (Wildman–Crippen MR) is 83.4 cm³/mol. The van der Waals surface area contributed by atoms with Crippen molar-refractivity contribution in [2.24, 2.45) is 17.4 Å². The largest absolute Gasteiger partial charge is 0.330 e. The molecular formula is C15H26N2O2S. The van der Waals surface area contributed by atoms with Crippen molar-refractivity contribution < 1.29 is 8.42 Å². The first-order chi connectivity index (χ1) is 9.44. The molecule has 0 aliphatic carbocycles. The minimum atomic E-state index is -3.16. The second-order valence-corrected chi connectivity index (χ2v) is 7.47.